The molecular formula is C3H5Al+2. The molecule has 0 N–H and O–H groups in total. The van der Waals surface area contributed by atoms with Crippen LogP contribution >= 0.6 is 0 Å². The molecule has 0 radical (unpaired) electrons. The van der Waals surface area contributed by atoms with Gasteiger partial charge in [-0.2, -0.15) is 0 Å². The van der Waals surface area contributed by atoms with Gasteiger partial charge in [-0.15, -0.1) is 0 Å². The van der Waals surface area contributed by atoms with Crippen LogP contribution in [0.5, 0.6) is 0 Å². The van der Waals surface area contributed by atoms with Crippen molar-refractivity contribution in [3.63, 3.8) is 0 Å². The van der Waals surface area contributed by atoms with Gasteiger partial charge in [-0.1, -0.05) is 0 Å². The summed E-state index contributed by atoms with van der Waals surface area (Å²) in [5, 5.41) is 0. The van der Waals surface area contributed by atoms with E-state index in [0.717, 1.165) is 4.44 Å². The van der Waals surface area contributed by atoms with Crippen molar-refractivity contribution in [3.05, 3.63) is 11.0 Å². The molecule has 18 valence electrons. The zero-order chi connectivity index (χ0) is 3.58. The molecule has 0 saturated carbocycles. The fraction of sp³-hybridized carbons (Fsp3) is 0.333. The predicted octanol–water partition coefficient (Wildman–Crippen LogP) is 0.688. The summed E-state index contributed by atoms with van der Waals surface area (Å²) in [6.07, 6.45) is 0. The summed E-state index contributed by atoms with van der Waals surface area (Å²) in [6, 6.07) is 0. The summed E-state index contributed by atoms with van der Waals surface area (Å²) in [6.45, 7) is 5.45. The third kappa shape index (κ3) is 49.6. The topological polar surface area (TPSA) is 0 Å². The first-order valence-electron chi connectivity index (χ1n) is 1.14. The van der Waals surface area contributed by atoms with Crippen LogP contribution in [0.1, 0.15) is 6.92 Å². The van der Waals surface area contributed by atoms with Gasteiger partial charge in [0.05, 0.1) is 0 Å². The van der Waals surface area contributed by atoms with Crippen molar-refractivity contribution in [1.82, 2.24) is 0 Å². The molecule has 0 bridgehead atoms. The van der Waals surface area contributed by atoms with Crippen LogP contribution < -0.4 is 0 Å². The summed E-state index contributed by atoms with van der Waals surface area (Å²) < 4.78 is 1.08. The van der Waals surface area contributed by atoms with E-state index in [-0.39, 0.29) is 0 Å². The molecule has 0 heterocycles. The maximum atomic E-state index is 3.52. The Balaban J connectivity index is 2.80. The number of allylic oxidation sites excluding steroid dienone is 1. The molecule has 0 amide bonds. The van der Waals surface area contributed by atoms with Crippen LogP contribution in [-0.4, -0.2) is 16.3 Å². The predicted molar refractivity (Wildman–Crippen MR) is 20.6 cm³/mol. The van der Waals surface area contributed by atoms with E-state index in [1.165, 1.54) is 0 Å². The summed E-state index contributed by atoms with van der Waals surface area (Å²) in [5.41, 5.74) is 0. The molecule has 0 atom stereocenters. The van der Waals surface area contributed by atoms with Crippen molar-refractivity contribution in [2.45, 2.75) is 6.92 Å². The standard InChI is InChI=1S/C3H5.Al/c1-3-2;/h1H2,2H3;/q;+2. The monoisotopic (exact) mass is 68.0 g/mol. The molecule has 1 heteroatoms. The molecule has 0 aliphatic rings. The minimum atomic E-state index is 1.08. The Kier molecular flexibility index (Phi) is 1.69. The van der Waals surface area contributed by atoms with Gasteiger partial charge in [0, 0.05) is 0 Å². The molecule has 0 rings (SSSR count). The van der Waals surface area contributed by atoms with Gasteiger partial charge < -0.3 is 0 Å². The van der Waals surface area contributed by atoms with E-state index < -0.39 is 0 Å². The van der Waals surface area contributed by atoms with Crippen molar-refractivity contribution in [1.29, 1.82) is 0 Å². The quantitative estimate of drug-likeness (QED) is 0.366. The van der Waals surface area contributed by atoms with E-state index >= 15 is 0 Å². The Morgan fingerprint density at radius 3 is 2.00 bits per heavy atom. The molecule has 0 aliphatic heterocycles. The molecule has 0 aromatic heterocycles. The Hall–Kier alpha value is 0.272. The molecule has 0 fully saturated rings. The van der Waals surface area contributed by atoms with Crippen LogP contribution in [0, 0.1) is 0 Å². The first-order valence-corrected chi connectivity index (χ1v) is 1.72. The van der Waals surface area contributed by atoms with Gasteiger partial charge in [-0.3, -0.25) is 0 Å². The van der Waals surface area contributed by atoms with E-state index in [1.54, 1.807) is 0 Å². The van der Waals surface area contributed by atoms with Crippen LogP contribution in [-0.2, 0) is 0 Å². The molecule has 4 heavy (non-hydrogen) atoms. The summed E-state index contributed by atoms with van der Waals surface area (Å²) in [7, 11) is 0. The van der Waals surface area contributed by atoms with Crippen molar-refractivity contribution in [2.75, 3.05) is 0 Å². The molecule has 0 unspecified atom stereocenters. The Bertz CT molecular complexity index is 26.3. The Morgan fingerprint density at radius 2 is 2.00 bits per heavy atom. The molecule has 0 nitrogen and oxygen atoms in total. The minimum absolute atomic E-state index is 1.08. The molecule has 0 aliphatic carbocycles. The second-order valence-corrected chi connectivity index (χ2v) is 1.83. The fourth-order valence-corrected chi connectivity index (χ4v) is 0. The average Bonchev–Trinajstić information content (AvgIpc) is 0.811. The van der Waals surface area contributed by atoms with E-state index in [9.17, 15) is 0 Å². The van der Waals surface area contributed by atoms with Crippen molar-refractivity contribution >= 4 is 16.3 Å². The molecular weight excluding hydrogens is 63.0 g/mol. The van der Waals surface area contributed by atoms with E-state index in [2.05, 4.69) is 22.9 Å². The molecule has 0 aromatic carbocycles. The van der Waals surface area contributed by atoms with Gasteiger partial charge >= 0.3 is 34.2 Å². The molecule has 0 spiro atoms. The summed E-state index contributed by atoms with van der Waals surface area (Å²) >= 11 is 2.46. The van der Waals surface area contributed by atoms with Crippen LogP contribution in [0.4, 0.5) is 0 Å². The Morgan fingerprint density at radius 1 is 2.00 bits per heavy atom. The van der Waals surface area contributed by atoms with Gasteiger partial charge in [0.25, 0.3) is 0 Å². The first kappa shape index (κ1) is 4.27. The van der Waals surface area contributed by atoms with Crippen LogP contribution in [0.2, 0.25) is 0 Å². The van der Waals surface area contributed by atoms with Gasteiger partial charge in [0.15, 0.2) is 0 Å². The van der Waals surface area contributed by atoms with Crippen molar-refractivity contribution in [3.8, 4) is 0 Å². The Labute approximate surface area is 34.9 Å². The molecule has 0 saturated heterocycles. The number of hydrogen-bond acceptors (Lipinski definition) is 0. The van der Waals surface area contributed by atoms with E-state index in [1.807, 2.05) is 6.92 Å². The number of hydrogen-bond donors (Lipinski definition) is 0. The van der Waals surface area contributed by atoms with Gasteiger partial charge in [-0.05, 0) is 0 Å². The van der Waals surface area contributed by atoms with Gasteiger partial charge in [0.1, 0.15) is 0 Å². The second-order valence-electron chi connectivity index (χ2n) is 0.846. The SMILES string of the molecule is C=[C](C)[Al+2]. The second kappa shape index (κ2) is 1.58. The van der Waals surface area contributed by atoms with Gasteiger partial charge in [0.2, 0.25) is 0 Å². The third-order valence-corrected chi connectivity index (χ3v) is 0. The van der Waals surface area contributed by atoms with E-state index in [0.29, 0.717) is 0 Å². The van der Waals surface area contributed by atoms with Gasteiger partial charge in [-0.25, -0.2) is 0 Å². The van der Waals surface area contributed by atoms with E-state index in [4.69, 9.17) is 0 Å². The van der Waals surface area contributed by atoms with Crippen molar-refractivity contribution in [2.24, 2.45) is 0 Å². The summed E-state index contributed by atoms with van der Waals surface area (Å²) in [5.74, 6) is 0. The van der Waals surface area contributed by atoms with Crippen LogP contribution in [0.15, 0.2) is 11.0 Å². The number of rotatable bonds is 0. The molecule has 0 aromatic rings. The summed E-state index contributed by atoms with van der Waals surface area (Å²) in [4.78, 5) is 0. The zero-order valence-electron chi connectivity index (χ0n) is 2.78. The maximum absolute atomic E-state index is 3.52. The van der Waals surface area contributed by atoms with Crippen LogP contribution in [0.3, 0.4) is 0 Å². The fourth-order valence-electron chi connectivity index (χ4n) is 0. The van der Waals surface area contributed by atoms with Crippen LogP contribution in [0.25, 0.3) is 0 Å². The third-order valence-electron chi connectivity index (χ3n) is 0. The normalized spacial score (nSPS) is 6.75. The first-order chi connectivity index (χ1) is 1.73. The zero-order valence-corrected chi connectivity index (χ0v) is 3.94. The van der Waals surface area contributed by atoms with Crippen molar-refractivity contribution < 1.29 is 0 Å². The average molecular weight is 68.1 g/mol.